The topological polar surface area (TPSA) is 73.9 Å². The summed E-state index contributed by atoms with van der Waals surface area (Å²) in [6.07, 6.45) is 2.02. The Morgan fingerprint density at radius 2 is 1.90 bits per heavy atom. The third-order valence-corrected chi connectivity index (χ3v) is 6.02. The molecule has 0 aromatic heterocycles. The van der Waals surface area contributed by atoms with Gasteiger partial charge in [-0.15, -0.1) is 0 Å². The molecular formula is C25H23NO5. The Hall–Kier alpha value is -3.54. The summed E-state index contributed by atoms with van der Waals surface area (Å²) in [4.78, 5) is 26.2. The van der Waals surface area contributed by atoms with Crippen LogP contribution in [-0.2, 0) is 20.9 Å². The third kappa shape index (κ3) is 3.58. The molecule has 2 aromatic rings. The van der Waals surface area contributed by atoms with E-state index in [1.54, 1.807) is 0 Å². The van der Waals surface area contributed by atoms with Crippen LogP contribution in [0.1, 0.15) is 36.3 Å². The molecular weight excluding hydrogens is 394 g/mol. The van der Waals surface area contributed by atoms with E-state index in [0.717, 1.165) is 29.7 Å². The van der Waals surface area contributed by atoms with Crippen molar-refractivity contribution in [3.8, 4) is 11.5 Å². The van der Waals surface area contributed by atoms with Crippen LogP contribution in [0.2, 0.25) is 0 Å². The highest BCUT2D eigenvalue weighted by Crippen LogP contribution is 2.46. The average molecular weight is 417 g/mol. The van der Waals surface area contributed by atoms with Crippen LogP contribution in [0.15, 0.2) is 72.1 Å². The van der Waals surface area contributed by atoms with Crippen LogP contribution >= 0.6 is 0 Å². The Kier molecular flexibility index (Phi) is 4.98. The van der Waals surface area contributed by atoms with Crippen LogP contribution in [-0.4, -0.2) is 18.5 Å². The lowest BCUT2D eigenvalue weighted by Gasteiger charge is -2.38. The number of allylic oxidation sites excluding steroid dienone is 2. The largest absolute Gasteiger partial charge is 0.460 e. The van der Waals surface area contributed by atoms with E-state index < -0.39 is 17.8 Å². The minimum Gasteiger partial charge on any atom is -0.460 e. The molecule has 0 radical (unpaired) electrons. The average Bonchev–Trinajstić information content (AvgIpc) is 3.25. The Morgan fingerprint density at radius 1 is 1.10 bits per heavy atom. The number of Topliss-reactive ketones (excluding diaryl/α,β-unsaturated/α-hetero) is 1. The molecule has 0 amide bonds. The van der Waals surface area contributed by atoms with Crippen molar-refractivity contribution in [3.05, 3.63) is 83.2 Å². The van der Waals surface area contributed by atoms with E-state index in [9.17, 15) is 9.59 Å². The third-order valence-electron chi connectivity index (χ3n) is 6.02. The monoisotopic (exact) mass is 417 g/mol. The first-order valence-electron chi connectivity index (χ1n) is 10.4. The van der Waals surface area contributed by atoms with Crippen molar-refractivity contribution in [2.24, 2.45) is 5.92 Å². The maximum absolute atomic E-state index is 13.3. The molecule has 1 N–H and O–H groups in total. The first-order valence-corrected chi connectivity index (χ1v) is 10.4. The Morgan fingerprint density at radius 3 is 2.74 bits per heavy atom. The molecule has 6 heteroatoms. The first kappa shape index (κ1) is 19.4. The van der Waals surface area contributed by atoms with Crippen molar-refractivity contribution in [2.75, 3.05) is 6.79 Å². The second kappa shape index (κ2) is 7.95. The fourth-order valence-corrected chi connectivity index (χ4v) is 4.56. The molecule has 158 valence electrons. The van der Waals surface area contributed by atoms with Gasteiger partial charge in [-0.1, -0.05) is 43.0 Å². The van der Waals surface area contributed by atoms with Crippen LogP contribution < -0.4 is 14.8 Å². The first-order chi connectivity index (χ1) is 15.1. The molecule has 2 heterocycles. The van der Waals surface area contributed by atoms with Gasteiger partial charge in [-0.25, -0.2) is 0 Å². The van der Waals surface area contributed by atoms with Crippen molar-refractivity contribution in [3.63, 3.8) is 0 Å². The number of ketones is 1. The number of hydrogen-bond acceptors (Lipinski definition) is 6. The lowest BCUT2D eigenvalue weighted by molar-refractivity contribution is -0.149. The van der Waals surface area contributed by atoms with Crippen LogP contribution in [0.4, 0.5) is 0 Å². The van der Waals surface area contributed by atoms with Gasteiger partial charge >= 0.3 is 5.97 Å². The van der Waals surface area contributed by atoms with E-state index in [4.69, 9.17) is 14.2 Å². The molecule has 2 unspecified atom stereocenters. The molecule has 6 nitrogen and oxygen atoms in total. The lowest BCUT2D eigenvalue weighted by atomic mass is 9.71. The zero-order valence-electron chi connectivity index (χ0n) is 17.1. The predicted molar refractivity (Wildman–Crippen MR) is 113 cm³/mol. The number of benzene rings is 2. The number of ether oxygens (including phenoxy) is 3. The van der Waals surface area contributed by atoms with Gasteiger partial charge in [-0.05, 0) is 36.1 Å². The fourth-order valence-electron chi connectivity index (χ4n) is 4.56. The zero-order chi connectivity index (χ0) is 21.4. The van der Waals surface area contributed by atoms with Crippen LogP contribution in [0.25, 0.3) is 0 Å². The van der Waals surface area contributed by atoms with E-state index in [0.29, 0.717) is 29.2 Å². The minimum atomic E-state index is -0.718. The van der Waals surface area contributed by atoms with E-state index in [1.165, 1.54) is 0 Å². The SMILES string of the molecule is C=C1NC2=C(C(=O)CCC2)C(c2ccc3c(c2)OCO3)C1C(=O)OCc1ccccc1. The van der Waals surface area contributed by atoms with Crippen molar-refractivity contribution in [1.82, 2.24) is 5.32 Å². The number of carbonyl (C=O) groups excluding carboxylic acids is 2. The normalized spacial score (nSPS) is 22.1. The van der Waals surface area contributed by atoms with Crippen LogP contribution in [0, 0.1) is 5.92 Å². The minimum absolute atomic E-state index is 0.0600. The number of nitrogens with one attached hydrogen (secondary N) is 1. The number of carbonyl (C=O) groups is 2. The van der Waals surface area contributed by atoms with Gasteiger partial charge in [-0.3, -0.25) is 9.59 Å². The molecule has 5 rings (SSSR count). The van der Waals surface area contributed by atoms with Crippen molar-refractivity contribution >= 4 is 11.8 Å². The second-order valence-electron chi connectivity index (χ2n) is 7.98. The van der Waals surface area contributed by atoms with Gasteiger partial charge in [0.2, 0.25) is 6.79 Å². The predicted octanol–water partition coefficient (Wildman–Crippen LogP) is 3.98. The summed E-state index contributed by atoms with van der Waals surface area (Å²) in [5.74, 6) is -0.273. The van der Waals surface area contributed by atoms with Gasteiger partial charge < -0.3 is 19.5 Å². The van der Waals surface area contributed by atoms with E-state index in [1.807, 2.05) is 48.5 Å². The zero-order valence-corrected chi connectivity index (χ0v) is 17.1. The molecule has 3 aliphatic rings. The number of fused-ring (bicyclic) bond motifs is 1. The highest BCUT2D eigenvalue weighted by atomic mass is 16.7. The van der Waals surface area contributed by atoms with E-state index >= 15 is 0 Å². The molecule has 2 aliphatic heterocycles. The number of rotatable bonds is 4. The molecule has 1 aliphatic carbocycles. The Bertz CT molecular complexity index is 1090. The van der Waals surface area contributed by atoms with Gasteiger partial charge in [-0.2, -0.15) is 0 Å². The summed E-state index contributed by atoms with van der Waals surface area (Å²) in [6.45, 7) is 4.45. The lowest BCUT2D eigenvalue weighted by Crippen LogP contribution is -2.41. The maximum Gasteiger partial charge on any atom is 0.316 e. The summed E-state index contributed by atoms with van der Waals surface area (Å²) in [5.41, 5.74) is 3.78. The summed E-state index contributed by atoms with van der Waals surface area (Å²) >= 11 is 0. The molecule has 2 atom stereocenters. The van der Waals surface area contributed by atoms with E-state index in [2.05, 4.69) is 11.9 Å². The highest BCUT2D eigenvalue weighted by molar-refractivity contribution is 6.00. The summed E-state index contributed by atoms with van der Waals surface area (Å²) in [7, 11) is 0. The molecule has 0 saturated heterocycles. The highest BCUT2D eigenvalue weighted by Gasteiger charge is 2.44. The van der Waals surface area contributed by atoms with Gasteiger partial charge in [0.05, 0.1) is 0 Å². The maximum atomic E-state index is 13.3. The molecule has 2 aromatic carbocycles. The quantitative estimate of drug-likeness (QED) is 0.759. The summed E-state index contributed by atoms with van der Waals surface area (Å²) < 4.78 is 16.6. The van der Waals surface area contributed by atoms with Crippen LogP contribution in [0.5, 0.6) is 11.5 Å². The summed E-state index contributed by atoms with van der Waals surface area (Å²) in [5, 5.41) is 3.24. The fraction of sp³-hybridized carbons (Fsp3) is 0.280. The standard InChI is InChI=1S/C25H23NO5/c1-15-22(25(28)29-13-16-6-3-2-4-7-16)23(24-18(26-15)8-5-9-19(24)27)17-10-11-20-21(12-17)31-14-30-20/h2-4,6-7,10-12,22-23,26H,1,5,8-9,13-14H2. The molecule has 31 heavy (non-hydrogen) atoms. The van der Waals surface area contributed by atoms with Gasteiger partial charge in [0.25, 0.3) is 0 Å². The van der Waals surface area contributed by atoms with Crippen molar-refractivity contribution in [1.29, 1.82) is 0 Å². The van der Waals surface area contributed by atoms with Gasteiger partial charge in [0, 0.05) is 29.3 Å². The Labute approximate surface area is 180 Å². The number of esters is 1. The molecule has 0 bridgehead atoms. The Balaban J connectivity index is 1.52. The van der Waals surface area contributed by atoms with Crippen LogP contribution in [0.3, 0.4) is 0 Å². The molecule has 0 fully saturated rings. The smallest absolute Gasteiger partial charge is 0.316 e. The van der Waals surface area contributed by atoms with Crippen molar-refractivity contribution < 1.29 is 23.8 Å². The van der Waals surface area contributed by atoms with Gasteiger partial charge in [0.1, 0.15) is 12.5 Å². The van der Waals surface area contributed by atoms with Crippen molar-refractivity contribution in [2.45, 2.75) is 31.8 Å². The second-order valence-corrected chi connectivity index (χ2v) is 7.98. The molecule has 0 saturated carbocycles. The molecule has 0 spiro atoms. The summed E-state index contributed by atoms with van der Waals surface area (Å²) in [6, 6.07) is 15.1. The number of hydrogen-bond donors (Lipinski definition) is 1. The van der Waals surface area contributed by atoms with Gasteiger partial charge in [0.15, 0.2) is 17.3 Å². The van der Waals surface area contributed by atoms with E-state index in [-0.39, 0.29) is 19.2 Å².